The first kappa shape index (κ1) is 18.4. The molecular weight excluding hydrogens is 382 g/mol. The molecule has 1 heterocycles. The molecule has 1 saturated heterocycles. The van der Waals surface area contributed by atoms with Gasteiger partial charge in [-0.3, -0.25) is 4.79 Å². The first-order valence-corrected chi connectivity index (χ1v) is 10.3. The third-order valence-corrected chi connectivity index (χ3v) is 6.47. The van der Waals surface area contributed by atoms with Crippen LogP contribution in [0.25, 0.3) is 0 Å². The number of sulfonamides is 1. The van der Waals surface area contributed by atoms with E-state index in [2.05, 4.69) is 15.9 Å². The Morgan fingerprint density at radius 3 is 2.52 bits per heavy atom. The van der Waals surface area contributed by atoms with Crippen molar-refractivity contribution in [3.05, 3.63) is 29.8 Å². The Morgan fingerprint density at radius 2 is 1.96 bits per heavy atom. The van der Waals surface area contributed by atoms with Crippen molar-refractivity contribution in [1.29, 1.82) is 0 Å². The molecular formula is C16H22BrNO4S. The summed E-state index contributed by atoms with van der Waals surface area (Å²) in [5.74, 6) is -0.458. The molecule has 0 saturated carbocycles. The summed E-state index contributed by atoms with van der Waals surface area (Å²) in [5, 5.41) is 0.688. The molecule has 1 aliphatic heterocycles. The highest BCUT2D eigenvalue weighted by atomic mass is 79.9. The average molecular weight is 404 g/mol. The normalized spacial score (nSPS) is 22.2. The maximum Gasteiger partial charge on any atom is 0.324 e. The summed E-state index contributed by atoms with van der Waals surface area (Å²) in [7, 11) is -3.73. The Bertz CT molecular complexity index is 645. The van der Waals surface area contributed by atoms with Crippen LogP contribution in [0.2, 0.25) is 0 Å². The minimum atomic E-state index is -3.73. The fourth-order valence-electron chi connectivity index (χ4n) is 2.91. The number of nitrogens with zero attached hydrogens (tertiary/aromatic N) is 1. The lowest BCUT2D eigenvalue weighted by Crippen LogP contribution is -2.45. The largest absolute Gasteiger partial charge is 0.465 e. The molecule has 23 heavy (non-hydrogen) atoms. The molecule has 1 aliphatic rings. The fourth-order valence-corrected chi connectivity index (χ4v) is 5.29. The van der Waals surface area contributed by atoms with E-state index in [4.69, 9.17) is 4.74 Å². The molecule has 1 fully saturated rings. The zero-order valence-corrected chi connectivity index (χ0v) is 15.8. The number of aryl methyl sites for hydroxylation is 1. The standard InChI is InChI=1S/C16H22BrNO4S/c1-3-22-16(19)15-9-6-13(10-11-17)18(15)23(20,21)14-7-4-12(2)5-8-14/h4-5,7-8,13,15H,3,6,9-11H2,1-2H3/t13-,15+/m1/s1. The number of carbonyl (C=O) groups excluding carboxylic acids is 1. The van der Waals surface area contributed by atoms with Crippen LogP contribution in [0.5, 0.6) is 0 Å². The van der Waals surface area contributed by atoms with Crippen molar-refractivity contribution in [2.75, 3.05) is 11.9 Å². The Hall–Kier alpha value is -0.920. The quantitative estimate of drug-likeness (QED) is 0.540. The number of halogens is 1. The Kier molecular flexibility index (Phi) is 6.22. The second kappa shape index (κ2) is 7.77. The molecule has 128 valence electrons. The minimum Gasteiger partial charge on any atom is -0.465 e. The van der Waals surface area contributed by atoms with Gasteiger partial charge in [-0.05, 0) is 45.2 Å². The molecule has 0 N–H and O–H groups in total. The molecule has 0 unspecified atom stereocenters. The molecule has 0 radical (unpaired) electrons. The summed E-state index contributed by atoms with van der Waals surface area (Å²) in [6.07, 6.45) is 1.84. The van der Waals surface area contributed by atoms with Crippen molar-refractivity contribution < 1.29 is 17.9 Å². The summed E-state index contributed by atoms with van der Waals surface area (Å²) in [6, 6.07) is 5.80. The van der Waals surface area contributed by atoms with Crippen LogP contribution in [0.4, 0.5) is 0 Å². The molecule has 0 spiro atoms. The smallest absolute Gasteiger partial charge is 0.324 e. The number of alkyl halides is 1. The molecule has 0 aliphatic carbocycles. The van der Waals surface area contributed by atoms with E-state index in [1.54, 1.807) is 31.2 Å². The lowest BCUT2D eigenvalue weighted by atomic mass is 10.1. The van der Waals surface area contributed by atoms with Crippen LogP contribution in [0.1, 0.15) is 31.7 Å². The summed E-state index contributed by atoms with van der Waals surface area (Å²) in [4.78, 5) is 12.4. The maximum atomic E-state index is 13.1. The van der Waals surface area contributed by atoms with Crippen LogP contribution < -0.4 is 0 Å². The third-order valence-electron chi connectivity index (χ3n) is 4.04. The Labute approximate surface area is 146 Å². The second-order valence-corrected chi connectivity index (χ2v) is 8.26. The van der Waals surface area contributed by atoms with Crippen molar-refractivity contribution in [2.24, 2.45) is 0 Å². The number of ether oxygens (including phenoxy) is 1. The average Bonchev–Trinajstić information content (AvgIpc) is 2.93. The molecule has 7 heteroatoms. The Morgan fingerprint density at radius 1 is 1.30 bits per heavy atom. The number of benzene rings is 1. The van der Waals surface area contributed by atoms with E-state index in [0.29, 0.717) is 24.6 Å². The SMILES string of the molecule is CCOC(=O)[C@@H]1CC[C@H](CCBr)N1S(=O)(=O)c1ccc(C)cc1. The number of carbonyl (C=O) groups is 1. The van der Waals surface area contributed by atoms with Crippen LogP contribution in [0.3, 0.4) is 0 Å². The number of hydrogen-bond donors (Lipinski definition) is 0. The predicted molar refractivity (Wildman–Crippen MR) is 92.1 cm³/mol. The summed E-state index contributed by atoms with van der Waals surface area (Å²) >= 11 is 3.37. The minimum absolute atomic E-state index is 0.185. The van der Waals surface area contributed by atoms with Gasteiger partial charge in [0.1, 0.15) is 6.04 Å². The van der Waals surface area contributed by atoms with Gasteiger partial charge in [0.25, 0.3) is 0 Å². The highest BCUT2D eigenvalue weighted by molar-refractivity contribution is 9.09. The second-order valence-electron chi connectivity index (χ2n) is 5.62. The van der Waals surface area contributed by atoms with E-state index in [0.717, 1.165) is 5.56 Å². The molecule has 0 bridgehead atoms. The van der Waals surface area contributed by atoms with Gasteiger partial charge in [0.2, 0.25) is 10.0 Å². The molecule has 1 aromatic rings. The fraction of sp³-hybridized carbons (Fsp3) is 0.562. The van der Waals surface area contributed by atoms with E-state index in [1.165, 1.54) is 4.31 Å². The topological polar surface area (TPSA) is 63.7 Å². The summed E-state index contributed by atoms with van der Waals surface area (Å²) in [5.41, 5.74) is 0.990. The molecule has 1 aromatic carbocycles. The Balaban J connectivity index is 2.39. The van der Waals surface area contributed by atoms with Crippen LogP contribution in [0.15, 0.2) is 29.2 Å². The van der Waals surface area contributed by atoms with Crippen LogP contribution in [0, 0.1) is 6.92 Å². The van der Waals surface area contributed by atoms with E-state index < -0.39 is 22.0 Å². The van der Waals surface area contributed by atoms with Gasteiger partial charge in [-0.1, -0.05) is 33.6 Å². The first-order chi connectivity index (χ1) is 10.9. The van der Waals surface area contributed by atoms with Gasteiger partial charge in [0.05, 0.1) is 11.5 Å². The lowest BCUT2D eigenvalue weighted by Gasteiger charge is -2.28. The van der Waals surface area contributed by atoms with Crippen molar-refractivity contribution in [2.45, 2.75) is 50.1 Å². The van der Waals surface area contributed by atoms with Gasteiger partial charge in [-0.2, -0.15) is 4.31 Å². The van der Waals surface area contributed by atoms with E-state index in [-0.39, 0.29) is 17.5 Å². The molecule has 2 atom stereocenters. The monoisotopic (exact) mass is 403 g/mol. The van der Waals surface area contributed by atoms with Gasteiger partial charge >= 0.3 is 5.97 Å². The molecule has 2 rings (SSSR count). The van der Waals surface area contributed by atoms with Gasteiger partial charge in [-0.15, -0.1) is 0 Å². The van der Waals surface area contributed by atoms with Gasteiger partial charge in [0.15, 0.2) is 0 Å². The van der Waals surface area contributed by atoms with Crippen molar-refractivity contribution >= 4 is 31.9 Å². The first-order valence-electron chi connectivity index (χ1n) is 7.74. The zero-order valence-electron chi connectivity index (χ0n) is 13.4. The number of esters is 1. The molecule has 0 aromatic heterocycles. The highest BCUT2D eigenvalue weighted by Crippen LogP contribution is 2.33. The summed E-state index contributed by atoms with van der Waals surface area (Å²) in [6.45, 7) is 3.87. The summed E-state index contributed by atoms with van der Waals surface area (Å²) < 4.78 is 32.5. The van der Waals surface area contributed by atoms with Gasteiger partial charge in [-0.25, -0.2) is 8.42 Å². The van der Waals surface area contributed by atoms with Gasteiger partial charge in [0, 0.05) is 11.4 Å². The van der Waals surface area contributed by atoms with E-state index in [1.807, 2.05) is 6.92 Å². The highest BCUT2D eigenvalue weighted by Gasteiger charge is 2.45. The van der Waals surface area contributed by atoms with Crippen LogP contribution in [-0.2, 0) is 19.6 Å². The van der Waals surface area contributed by atoms with Crippen molar-refractivity contribution in [3.63, 3.8) is 0 Å². The number of rotatable bonds is 6. The van der Waals surface area contributed by atoms with Crippen LogP contribution >= 0.6 is 15.9 Å². The van der Waals surface area contributed by atoms with Crippen LogP contribution in [-0.4, -0.2) is 42.7 Å². The van der Waals surface area contributed by atoms with Crippen molar-refractivity contribution in [3.8, 4) is 0 Å². The maximum absolute atomic E-state index is 13.1. The number of hydrogen-bond acceptors (Lipinski definition) is 4. The van der Waals surface area contributed by atoms with E-state index in [9.17, 15) is 13.2 Å². The lowest BCUT2D eigenvalue weighted by molar-refractivity contribution is -0.147. The van der Waals surface area contributed by atoms with Gasteiger partial charge < -0.3 is 4.74 Å². The third kappa shape index (κ3) is 3.95. The molecule has 5 nitrogen and oxygen atoms in total. The predicted octanol–water partition coefficient (Wildman–Crippen LogP) is 2.86. The molecule has 0 amide bonds. The zero-order chi connectivity index (χ0) is 17.0. The van der Waals surface area contributed by atoms with E-state index >= 15 is 0 Å². The van der Waals surface area contributed by atoms with Crippen molar-refractivity contribution in [1.82, 2.24) is 4.31 Å².